The lowest BCUT2D eigenvalue weighted by Crippen LogP contribution is -2.54. The van der Waals surface area contributed by atoms with E-state index in [4.69, 9.17) is 4.74 Å². The van der Waals surface area contributed by atoms with E-state index >= 15 is 0 Å². The summed E-state index contributed by atoms with van der Waals surface area (Å²) in [4.78, 5) is 21.0. The highest BCUT2D eigenvalue weighted by Crippen LogP contribution is 2.36. The largest absolute Gasteiger partial charge is 0.371 e. The highest BCUT2D eigenvalue weighted by Gasteiger charge is 2.45. The van der Waals surface area contributed by atoms with Crippen LogP contribution in [0.5, 0.6) is 0 Å². The van der Waals surface area contributed by atoms with Crippen molar-refractivity contribution < 1.29 is 9.53 Å². The van der Waals surface area contributed by atoms with Crippen LogP contribution in [0.4, 0.5) is 4.79 Å². The Morgan fingerprint density at radius 3 is 3.08 bits per heavy atom. The van der Waals surface area contributed by atoms with E-state index in [1.54, 1.807) is 0 Å². The van der Waals surface area contributed by atoms with Gasteiger partial charge in [-0.3, -0.25) is 9.88 Å². The van der Waals surface area contributed by atoms with Crippen molar-refractivity contribution in [2.75, 3.05) is 26.7 Å². The third-order valence-corrected chi connectivity index (χ3v) is 5.19. The molecular weight excluding hydrogens is 316 g/mol. The van der Waals surface area contributed by atoms with Crippen molar-refractivity contribution in [3.8, 4) is 0 Å². The van der Waals surface area contributed by atoms with Gasteiger partial charge in [0.2, 0.25) is 0 Å². The fraction of sp³-hybridized carbons (Fsp3) is 0.684. The lowest BCUT2D eigenvalue weighted by molar-refractivity contribution is -0.0415. The summed E-state index contributed by atoms with van der Waals surface area (Å²) in [5.41, 5.74) is 0.892. The first kappa shape index (κ1) is 18.1. The number of urea groups is 1. The van der Waals surface area contributed by atoms with Crippen LogP contribution in [-0.2, 0) is 11.3 Å². The molecular formula is C19H30N4O2. The van der Waals surface area contributed by atoms with Gasteiger partial charge in [-0.25, -0.2) is 4.79 Å². The van der Waals surface area contributed by atoms with Crippen molar-refractivity contribution in [2.45, 2.75) is 57.3 Å². The Balaban J connectivity index is 1.58. The summed E-state index contributed by atoms with van der Waals surface area (Å²) in [5.74, 6) is 0. The molecule has 2 amide bonds. The van der Waals surface area contributed by atoms with E-state index in [1.807, 2.05) is 37.1 Å². The van der Waals surface area contributed by atoms with Crippen LogP contribution in [0, 0.1) is 0 Å². The first-order valence-corrected chi connectivity index (χ1v) is 9.27. The highest BCUT2D eigenvalue weighted by molar-refractivity contribution is 5.74. The summed E-state index contributed by atoms with van der Waals surface area (Å²) in [6.45, 7) is 7.04. The van der Waals surface area contributed by atoms with Gasteiger partial charge in [-0.15, -0.1) is 0 Å². The van der Waals surface area contributed by atoms with Crippen LogP contribution in [-0.4, -0.2) is 65.2 Å². The standard InChI is InChI=1S/C19H30N4O2/c1-15(2)21-18(24)23-10-6-8-19(14-23)11-17(13-25-19)22(3)12-16-7-4-5-9-20-16/h4-5,7,9,15,17H,6,8,10-14H2,1-3H3,(H,21,24)/t17-,19-/m1/s1. The van der Waals surface area contributed by atoms with Crippen molar-refractivity contribution in [2.24, 2.45) is 0 Å². The van der Waals surface area contributed by atoms with Crippen LogP contribution in [0.3, 0.4) is 0 Å². The summed E-state index contributed by atoms with van der Waals surface area (Å²) in [6.07, 6.45) is 4.85. The van der Waals surface area contributed by atoms with Gasteiger partial charge in [0.05, 0.1) is 24.4 Å². The number of ether oxygens (including phenoxy) is 1. The molecule has 6 nitrogen and oxygen atoms in total. The molecule has 6 heteroatoms. The molecule has 138 valence electrons. The number of aromatic nitrogens is 1. The van der Waals surface area contributed by atoms with E-state index in [2.05, 4.69) is 28.3 Å². The molecule has 0 unspecified atom stereocenters. The van der Waals surface area contributed by atoms with Crippen molar-refractivity contribution in [3.05, 3.63) is 30.1 Å². The molecule has 1 N–H and O–H groups in total. The second-order valence-electron chi connectivity index (χ2n) is 7.72. The number of nitrogens with zero attached hydrogens (tertiary/aromatic N) is 3. The van der Waals surface area contributed by atoms with Crippen molar-refractivity contribution in [1.29, 1.82) is 0 Å². The molecule has 3 heterocycles. The fourth-order valence-corrected chi connectivity index (χ4v) is 3.87. The van der Waals surface area contributed by atoms with E-state index < -0.39 is 0 Å². The summed E-state index contributed by atoms with van der Waals surface area (Å²) in [7, 11) is 2.13. The molecule has 3 rings (SSSR count). The van der Waals surface area contributed by atoms with Crippen LogP contribution in [0.1, 0.15) is 38.8 Å². The molecule has 0 bridgehead atoms. The molecule has 0 aromatic carbocycles. The quantitative estimate of drug-likeness (QED) is 0.908. The van der Waals surface area contributed by atoms with E-state index in [-0.39, 0.29) is 17.7 Å². The van der Waals surface area contributed by atoms with Gasteiger partial charge in [0, 0.05) is 31.4 Å². The van der Waals surface area contributed by atoms with Gasteiger partial charge < -0.3 is 15.0 Å². The second kappa shape index (κ2) is 7.70. The van der Waals surface area contributed by atoms with Gasteiger partial charge >= 0.3 is 6.03 Å². The Morgan fingerprint density at radius 2 is 2.36 bits per heavy atom. The molecule has 2 saturated heterocycles. The zero-order valence-electron chi connectivity index (χ0n) is 15.6. The minimum Gasteiger partial charge on any atom is -0.371 e. The molecule has 1 spiro atoms. The SMILES string of the molecule is CC(C)NC(=O)N1CCC[C@@]2(C[C@@H](N(C)Cc3ccccn3)CO2)C1. The third-order valence-electron chi connectivity index (χ3n) is 5.19. The normalized spacial score (nSPS) is 26.6. The minimum absolute atomic E-state index is 0.0305. The lowest BCUT2D eigenvalue weighted by atomic mass is 9.88. The van der Waals surface area contributed by atoms with E-state index in [1.165, 1.54) is 0 Å². The van der Waals surface area contributed by atoms with Crippen LogP contribution in [0.15, 0.2) is 24.4 Å². The van der Waals surface area contributed by atoms with Gasteiger partial charge in [-0.05, 0) is 52.3 Å². The van der Waals surface area contributed by atoms with Crippen LogP contribution < -0.4 is 5.32 Å². The van der Waals surface area contributed by atoms with Gasteiger partial charge in [0.15, 0.2) is 0 Å². The number of rotatable bonds is 4. The van der Waals surface area contributed by atoms with Crippen LogP contribution in [0.25, 0.3) is 0 Å². The van der Waals surface area contributed by atoms with Crippen molar-refractivity contribution in [1.82, 2.24) is 20.1 Å². The number of likely N-dealkylation sites (N-methyl/N-ethyl adjacent to an activating group) is 1. The Kier molecular flexibility index (Phi) is 5.59. The molecule has 1 aromatic rings. The Hall–Kier alpha value is -1.66. The molecule has 0 saturated carbocycles. The average molecular weight is 346 g/mol. The summed E-state index contributed by atoms with van der Waals surface area (Å²) >= 11 is 0. The van der Waals surface area contributed by atoms with E-state index in [9.17, 15) is 4.79 Å². The molecule has 2 aliphatic rings. The number of piperidine rings is 1. The molecule has 2 fully saturated rings. The maximum Gasteiger partial charge on any atom is 0.317 e. The van der Waals surface area contributed by atoms with Crippen molar-refractivity contribution >= 4 is 6.03 Å². The smallest absolute Gasteiger partial charge is 0.317 e. The maximum absolute atomic E-state index is 12.3. The maximum atomic E-state index is 12.3. The Morgan fingerprint density at radius 1 is 1.52 bits per heavy atom. The van der Waals surface area contributed by atoms with Crippen molar-refractivity contribution in [3.63, 3.8) is 0 Å². The Bertz CT molecular complexity index is 580. The minimum atomic E-state index is -0.185. The highest BCUT2D eigenvalue weighted by atomic mass is 16.5. The van der Waals surface area contributed by atoms with Crippen LogP contribution in [0.2, 0.25) is 0 Å². The Labute approximate surface area is 150 Å². The number of hydrogen-bond acceptors (Lipinski definition) is 4. The fourth-order valence-electron chi connectivity index (χ4n) is 3.87. The predicted molar refractivity (Wildman–Crippen MR) is 97.3 cm³/mol. The van der Waals surface area contributed by atoms with Gasteiger partial charge in [0.1, 0.15) is 0 Å². The molecule has 1 aromatic heterocycles. The molecule has 2 atom stereocenters. The molecule has 0 aliphatic carbocycles. The van der Waals surface area contributed by atoms with Crippen LogP contribution >= 0.6 is 0 Å². The van der Waals surface area contributed by atoms with Gasteiger partial charge in [-0.2, -0.15) is 0 Å². The lowest BCUT2D eigenvalue weighted by Gasteiger charge is -2.40. The molecule has 25 heavy (non-hydrogen) atoms. The topological polar surface area (TPSA) is 57.7 Å². The average Bonchev–Trinajstić information content (AvgIpc) is 2.99. The summed E-state index contributed by atoms with van der Waals surface area (Å²) in [6, 6.07) is 6.58. The predicted octanol–water partition coefficient (Wildman–Crippen LogP) is 2.25. The first-order chi connectivity index (χ1) is 12.0. The van der Waals surface area contributed by atoms with E-state index in [0.717, 1.165) is 44.7 Å². The third kappa shape index (κ3) is 4.50. The van der Waals surface area contributed by atoms with Gasteiger partial charge in [0.25, 0.3) is 0 Å². The summed E-state index contributed by atoms with van der Waals surface area (Å²) in [5, 5.41) is 3.00. The monoisotopic (exact) mass is 346 g/mol. The second-order valence-corrected chi connectivity index (χ2v) is 7.72. The number of pyridine rings is 1. The zero-order valence-corrected chi connectivity index (χ0v) is 15.6. The molecule has 0 radical (unpaired) electrons. The number of amides is 2. The first-order valence-electron chi connectivity index (χ1n) is 9.27. The number of nitrogens with one attached hydrogen (secondary N) is 1. The number of hydrogen-bond donors (Lipinski definition) is 1. The molecule has 2 aliphatic heterocycles. The summed E-state index contributed by atoms with van der Waals surface area (Å²) < 4.78 is 6.25. The number of carbonyl (C=O) groups is 1. The van der Waals surface area contributed by atoms with Gasteiger partial charge in [-0.1, -0.05) is 6.07 Å². The zero-order chi connectivity index (χ0) is 17.9. The van der Waals surface area contributed by atoms with E-state index in [0.29, 0.717) is 12.6 Å². The number of likely N-dealkylation sites (tertiary alicyclic amines) is 1. The number of carbonyl (C=O) groups excluding carboxylic acids is 1.